The fraction of sp³-hybridized carbons (Fsp3) is 0.833. The van der Waals surface area contributed by atoms with E-state index in [4.69, 9.17) is 5.73 Å². The molecule has 2 rings (SSSR count). The predicted octanol–water partition coefficient (Wildman–Crippen LogP) is 1.79. The molecule has 90 valence electrons. The van der Waals surface area contributed by atoms with Crippen LogP contribution in [-0.4, -0.2) is 11.9 Å². The van der Waals surface area contributed by atoms with E-state index in [0.29, 0.717) is 5.92 Å². The fourth-order valence-electron chi connectivity index (χ4n) is 3.33. The molecule has 3 unspecified atom stereocenters. The summed E-state index contributed by atoms with van der Waals surface area (Å²) >= 11 is 0. The summed E-state index contributed by atoms with van der Waals surface area (Å²) in [5.41, 5.74) is 4.96. The molecule has 0 radical (unpaired) electrons. The molecule has 0 aliphatic heterocycles. The Hall–Kier alpha value is -1.06. The van der Waals surface area contributed by atoms with Crippen molar-refractivity contribution in [2.24, 2.45) is 23.5 Å². The van der Waals surface area contributed by atoms with E-state index in [2.05, 4.69) is 5.32 Å². The summed E-state index contributed by atoms with van der Waals surface area (Å²) in [6.45, 7) is 0. The molecule has 0 aromatic carbocycles. The first-order valence-electron chi connectivity index (χ1n) is 6.27. The molecule has 3 atom stereocenters. The fourth-order valence-corrected chi connectivity index (χ4v) is 3.33. The van der Waals surface area contributed by atoms with E-state index in [1.54, 1.807) is 0 Å². The molecular formula is C12H20N2O2. The zero-order valence-corrected chi connectivity index (χ0v) is 9.58. The lowest BCUT2D eigenvalue weighted by atomic mass is 9.67. The minimum Gasteiger partial charge on any atom is -0.351 e. The largest absolute Gasteiger partial charge is 0.351 e. The van der Waals surface area contributed by atoms with Gasteiger partial charge in [-0.2, -0.15) is 0 Å². The van der Waals surface area contributed by atoms with Crippen LogP contribution in [0.1, 0.15) is 44.9 Å². The van der Waals surface area contributed by atoms with Crippen LogP contribution in [0.15, 0.2) is 0 Å². The lowest BCUT2D eigenvalue weighted by molar-refractivity contribution is -0.126. The molecular weight excluding hydrogens is 204 g/mol. The second-order valence-electron chi connectivity index (χ2n) is 5.17. The van der Waals surface area contributed by atoms with Crippen molar-refractivity contribution in [1.29, 1.82) is 0 Å². The second-order valence-corrected chi connectivity index (χ2v) is 5.17. The van der Waals surface area contributed by atoms with E-state index in [1.807, 2.05) is 0 Å². The highest BCUT2D eigenvalue weighted by Crippen LogP contribution is 2.42. The van der Waals surface area contributed by atoms with Crippen LogP contribution in [0.4, 0.5) is 4.79 Å². The summed E-state index contributed by atoms with van der Waals surface area (Å²) < 4.78 is 0. The molecule has 4 heteroatoms. The molecule has 3 amide bonds. The maximum atomic E-state index is 11.7. The molecule has 0 saturated heterocycles. The van der Waals surface area contributed by atoms with Crippen molar-refractivity contribution in [2.45, 2.75) is 44.9 Å². The molecule has 3 N–H and O–H groups in total. The molecule has 0 aromatic heterocycles. The van der Waals surface area contributed by atoms with Gasteiger partial charge < -0.3 is 5.73 Å². The van der Waals surface area contributed by atoms with E-state index in [-0.39, 0.29) is 11.8 Å². The number of hydrogen-bond acceptors (Lipinski definition) is 2. The van der Waals surface area contributed by atoms with Crippen molar-refractivity contribution >= 4 is 11.9 Å². The molecule has 0 bridgehead atoms. The van der Waals surface area contributed by atoms with Gasteiger partial charge in [0.25, 0.3) is 0 Å². The number of nitrogens with one attached hydrogen (secondary N) is 1. The van der Waals surface area contributed by atoms with Gasteiger partial charge in [-0.3, -0.25) is 10.1 Å². The summed E-state index contributed by atoms with van der Waals surface area (Å²) in [5, 5.41) is 2.21. The van der Waals surface area contributed by atoms with Gasteiger partial charge in [0, 0.05) is 5.92 Å². The second kappa shape index (κ2) is 4.85. The summed E-state index contributed by atoms with van der Waals surface area (Å²) in [5.74, 6) is 1.36. The van der Waals surface area contributed by atoms with Crippen LogP contribution >= 0.6 is 0 Å². The van der Waals surface area contributed by atoms with Crippen LogP contribution in [0.3, 0.4) is 0 Å². The highest BCUT2D eigenvalue weighted by atomic mass is 16.2. The molecule has 0 aromatic rings. The number of rotatable bonds is 1. The van der Waals surface area contributed by atoms with Crippen LogP contribution in [-0.2, 0) is 4.79 Å². The Balaban J connectivity index is 1.89. The number of carbonyl (C=O) groups is 2. The van der Waals surface area contributed by atoms with Crippen molar-refractivity contribution in [3.05, 3.63) is 0 Å². The lowest BCUT2D eigenvalue weighted by Crippen LogP contribution is -2.42. The molecule has 4 nitrogen and oxygen atoms in total. The van der Waals surface area contributed by atoms with Crippen molar-refractivity contribution < 1.29 is 9.59 Å². The van der Waals surface area contributed by atoms with Crippen molar-refractivity contribution in [3.8, 4) is 0 Å². The van der Waals surface area contributed by atoms with Crippen LogP contribution in [0.5, 0.6) is 0 Å². The molecule has 0 spiro atoms. The van der Waals surface area contributed by atoms with E-state index in [9.17, 15) is 9.59 Å². The predicted molar refractivity (Wildman–Crippen MR) is 60.5 cm³/mol. The van der Waals surface area contributed by atoms with Crippen molar-refractivity contribution in [3.63, 3.8) is 0 Å². The summed E-state index contributed by atoms with van der Waals surface area (Å²) in [4.78, 5) is 22.3. The van der Waals surface area contributed by atoms with Gasteiger partial charge in [0.05, 0.1) is 0 Å². The third-order valence-electron chi connectivity index (χ3n) is 4.16. The Morgan fingerprint density at radius 1 is 1.00 bits per heavy atom. The highest BCUT2D eigenvalue weighted by molar-refractivity contribution is 5.94. The zero-order chi connectivity index (χ0) is 11.5. The van der Waals surface area contributed by atoms with E-state index >= 15 is 0 Å². The third-order valence-corrected chi connectivity index (χ3v) is 4.16. The van der Waals surface area contributed by atoms with E-state index < -0.39 is 6.03 Å². The number of imide groups is 1. The summed E-state index contributed by atoms with van der Waals surface area (Å²) in [7, 11) is 0. The van der Waals surface area contributed by atoms with Crippen molar-refractivity contribution in [2.75, 3.05) is 0 Å². The number of amides is 3. The van der Waals surface area contributed by atoms with Crippen molar-refractivity contribution in [1.82, 2.24) is 5.32 Å². The highest BCUT2D eigenvalue weighted by Gasteiger charge is 2.35. The maximum absolute atomic E-state index is 11.7. The van der Waals surface area contributed by atoms with Gasteiger partial charge in [0.2, 0.25) is 5.91 Å². The van der Waals surface area contributed by atoms with Gasteiger partial charge in [-0.1, -0.05) is 25.7 Å². The molecule has 2 aliphatic rings. The normalized spacial score (nSPS) is 33.9. The Kier molecular flexibility index (Phi) is 3.46. The standard InChI is InChI=1S/C12H20N2O2/c13-12(16)14-11(15)10-6-5-8-3-1-2-4-9(8)7-10/h8-10H,1-7H2,(H3,13,14,15,16). The molecule has 0 heterocycles. The average Bonchev–Trinajstić information content (AvgIpc) is 2.27. The van der Waals surface area contributed by atoms with Crippen LogP contribution < -0.4 is 11.1 Å². The summed E-state index contributed by atoms with van der Waals surface area (Å²) in [6.07, 6.45) is 8.23. The van der Waals surface area contributed by atoms with Gasteiger partial charge in [0.1, 0.15) is 0 Å². The van der Waals surface area contributed by atoms with Gasteiger partial charge in [-0.15, -0.1) is 0 Å². The lowest BCUT2D eigenvalue weighted by Gasteiger charge is -2.38. The Labute approximate surface area is 96.0 Å². The van der Waals surface area contributed by atoms with Crippen LogP contribution in [0.2, 0.25) is 0 Å². The van der Waals surface area contributed by atoms with Gasteiger partial charge in [-0.05, 0) is 31.1 Å². The Bertz CT molecular complexity index is 291. The maximum Gasteiger partial charge on any atom is 0.318 e. The minimum absolute atomic E-state index is 0.00634. The van der Waals surface area contributed by atoms with Crippen LogP contribution in [0, 0.1) is 17.8 Å². The number of urea groups is 1. The topological polar surface area (TPSA) is 72.2 Å². The first-order valence-corrected chi connectivity index (χ1v) is 6.27. The smallest absolute Gasteiger partial charge is 0.318 e. The van der Waals surface area contributed by atoms with Gasteiger partial charge in [-0.25, -0.2) is 4.79 Å². The molecule has 2 aliphatic carbocycles. The molecule has 2 saturated carbocycles. The zero-order valence-electron chi connectivity index (χ0n) is 9.58. The first-order chi connectivity index (χ1) is 7.66. The summed E-state index contributed by atoms with van der Waals surface area (Å²) in [6, 6.07) is -0.726. The van der Waals surface area contributed by atoms with Gasteiger partial charge >= 0.3 is 6.03 Å². The number of hydrogen-bond donors (Lipinski definition) is 2. The number of fused-ring (bicyclic) bond motifs is 1. The first kappa shape index (κ1) is 11.4. The Morgan fingerprint density at radius 2 is 1.69 bits per heavy atom. The number of nitrogens with two attached hydrogens (primary N) is 1. The molecule has 16 heavy (non-hydrogen) atoms. The quantitative estimate of drug-likeness (QED) is 0.712. The van der Waals surface area contributed by atoms with Gasteiger partial charge in [0.15, 0.2) is 0 Å². The van der Waals surface area contributed by atoms with E-state index in [0.717, 1.165) is 25.2 Å². The Morgan fingerprint density at radius 3 is 2.38 bits per heavy atom. The van der Waals surface area contributed by atoms with E-state index in [1.165, 1.54) is 25.7 Å². The average molecular weight is 224 g/mol. The van der Waals surface area contributed by atoms with Crippen LogP contribution in [0.25, 0.3) is 0 Å². The monoisotopic (exact) mass is 224 g/mol. The SMILES string of the molecule is NC(=O)NC(=O)C1CCC2CCCCC2C1. The number of primary amides is 1. The molecule has 2 fully saturated rings. The number of carbonyl (C=O) groups excluding carboxylic acids is 2. The third kappa shape index (κ3) is 2.54. The minimum atomic E-state index is -0.726.